The minimum atomic E-state index is -3.65. The van der Waals surface area contributed by atoms with Crippen LogP contribution in [0.5, 0.6) is 0 Å². The monoisotopic (exact) mass is 270 g/mol. The van der Waals surface area contributed by atoms with Crippen LogP contribution in [0.1, 0.15) is 18.1 Å². The van der Waals surface area contributed by atoms with Gasteiger partial charge in [-0.25, -0.2) is 12.8 Å². The highest BCUT2D eigenvalue weighted by molar-refractivity contribution is 7.88. The lowest BCUT2D eigenvalue weighted by atomic mass is 10.2. The molecule has 98 valence electrons. The summed E-state index contributed by atoms with van der Waals surface area (Å²) in [4.78, 5) is 0. The van der Waals surface area contributed by atoms with Crippen molar-refractivity contribution in [3.8, 4) is 6.07 Å². The lowest BCUT2D eigenvalue weighted by Gasteiger charge is -2.17. The van der Waals surface area contributed by atoms with Crippen LogP contribution >= 0.6 is 0 Å². The van der Waals surface area contributed by atoms with Gasteiger partial charge in [-0.05, 0) is 18.6 Å². The Morgan fingerprint density at radius 3 is 2.61 bits per heavy atom. The van der Waals surface area contributed by atoms with E-state index in [0.29, 0.717) is 0 Å². The molecule has 0 aliphatic heterocycles. The van der Waals surface area contributed by atoms with Crippen LogP contribution in [0.4, 0.5) is 4.39 Å². The maximum absolute atomic E-state index is 13.6. The van der Waals surface area contributed by atoms with Crippen LogP contribution in [0, 0.1) is 24.1 Å². The van der Waals surface area contributed by atoms with Crippen molar-refractivity contribution < 1.29 is 12.8 Å². The van der Waals surface area contributed by atoms with Gasteiger partial charge in [-0.2, -0.15) is 9.57 Å². The second-order valence-corrected chi connectivity index (χ2v) is 5.90. The second kappa shape index (κ2) is 5.94. The molecule has 0 aliphatic rings. The lowest BCUT2D eigenvalue weighted by molar-refractivity contribution is 0.460. The number of rotatable bonds is 5. The van der Waals surface area contributed by atoms with Crippen molar-refractivity contribution in [3.05, 3.63) is 35.1 Å². The predicted molar refractivity (Wildman–Crippen MR) is 66.6 cm³/mol. The number of hydrogen-bond donors (Lipinski definition) is 0. The normalized spacial score (nSPS) is 11.5. The average molecular weight is 270 g/mol. The Balaban J connectivity index is 2.98. The van der Waals surface area contributed by atoms with Crippen molar-refractivity contribution >= 4 is 10.0 Å². The fourth-order valence-corrected chi connectivity index (χ4v) is 3.00. The van der Waals surface area contributed by atoms with Crippen LogP contribution in [0.15, 0.2) is 18.2 Å². The topological polar surface area (TPSA) is 61.2 Å². The van der Waals surface area contributed by atoms with Gasteiger partial charge in [0, 0.05) is 12.1 Å². The Hall–Kier alpha value is -1.45. The number of aryl methyl sites for hydroxylation is 1. The SMILES string of the molecule is CCN(CC#N)S(=O)(=O)Cc1ccc(C)cc1F. The van der Waals surface area contributed by atoms with E-state index >= 15 is 0 Å². The highest BCUT2D eigenvalue weighted by Crippen LogP contribution is 2.15. The average Bonchev–Trinajstić information content (AvgIpc) is 2.29. The quantitative estimate of drug-likeness (QED) is 0.767. The van der Waals surface area contributed by atoms with E-state index in [2.05, 4.69) is 0 Å². The third kappa shape index (κ3) is 3.52. The van der Waals surface area contributed by atoms with Gasteiger partial charge in [-0.3, -0.25) is 0 Å². The Bertz CT molecular complexity index is 564. The maximum atomic E-state index is 13.6. The van der Waals surface area contributed by atoms with Gasteiger partial charge in [0.25, 0.3) is 0 Å². The molecule has 1 aromatic rings. The van der Waals surface area contributed by atoms with E-state index in [9.17, 15) is 12.8 Å². The summed E-state index contributed by atoms with van der Waals surface area (Å²) in [5.74, 6) is -0.958. The molecule has 0 spiro atoms. The third-order valence-corrected chi connectivity index (χ3v) is 4.39. The number of hydrogen-bond acceptors (Lipinski definition) is 3. The maximum Gasteiger partial charge on any atom is 0.219 e. The molecule has 4 nitrogen and oxygen atoms in total. The molecular weight excluding hydrogens is 255 g/mol. The molecule has 0 radical (unpaired) electrons. The molecule has 0 N–H and O–H groups in total. The molecule has 0 atom stereocenters. The molecule has 0 fully saturated rings. The summed E-state index contributed by atoms with van der Waals surface area (Å²) < 4.78 is 38.6. The molecule has 0 saturated heterocycles. The standard InChI is InChI=1S/C12H15FN2O2S/c1-3-15(7-6-14)18(16,17)9-11-5-4-10(2)8-12(11)13/h4-5,8H,3,7,9H2,1-2H3. The van der Waals surface area contributed by atoms with E-state index in [0.717, 1.165) is 9.87 Å². The van der Waals surface area contributed by atoms with Crippen molar-refractivity contribution in [1.29, 1.82) is 5.26 Å². The summed E-state index contributed by atoms with van der Waals surface area (Å²) in [5, 5.41) is 8.56. The molecule has 18 heavy (non-hydrogen) atoms. The van der Waals surface area contributed by atoms with Crippen molar-refractivity contribution in [3.63, 3.8) is 0 Å². The van der Waals surface area contributed by atoms with Crippen molar-refractivity contribution in [2.75, 3.05) is 13.1 Å². The zero-order valence-electron chi connectivity index (χ0n) is 10.4. The molecule has 0 aromatic heterocycles. The van der Waals surface area contributed by atoms with E-state index in [1.165, 1.54) is 12.1 Å². The Kier molecular flexibility index (Phi) is 4.82. The van der Waals surface area contributed by atoms with Gasteiger partial charge >= 0.3 is 0 Å². The first-order valence-corrected chi connectivity index (χ1v) is 7.11. The fraction of sp³-hybridized carbons (Fsp3) is 0.417. The lowest BCUT2D eigenvalue weighted by Crippen LogP contribution is -2.32. The van der Waals surface area contributed by atoms with E-state index in [-0.39, 0.29) is 18.7 Å². The van der Waals surface area contributed by atoms with Crippen LogP contribution in [0.2, 0.25) is 0 Å². The van der Waals surface area contributed by atoms with Gasteiger partial charge in [0.05, 0.1) is 11.8 Å². The summed E-state index contributed by atoms with van der Waals surface area (Å²) >= 11 is 0. The number of benzene rings is 1. The third-order valence-electron chi connectivity index (χ3n) is 2.54. The van der Waals surface area contributed by atoms with Gasteiger partial charge in [-0.15, -0.1) is 0 Å². The molecule has 0 heterocycles. The van der Waals surface area contributed by atoms with Gasteiger partial charge in [0.2, 0.25) is 10.0 Å². The van der Waals surface area contributed by atoms with Crippen LogP contribution in [-0.4, -0.2) is 25.8 Å². The van der Waals surface area contributed by atoms with Crippen molar-refractivity contribution in [2.24, 2.45) is 0 Å². The molecule has 6 heteroatoms. The zero-order chi connectivity index (χ0) is 13.8. The Labute approximate surface area is 107 Å². The van der Waals surface area contributed by atoms with Gasteiger partial charge < -0.3 is 0 Å². The van der Waals surface area contributed by atoms with Gasteiger partial charge in [0.1, 0.15) is 12.4 Å². The summed E-state index contributed by atoms with van der Waals surface area (Å²) in [6.45, 7) is 3.35. The van der Waals surface area contributed by atoms with E-state index < -0.39 is 21.6 Å². The largest absolute Gasteiger partial charge is 0.219 e. The number of halogens is 1. The number of nitriles is 1. The Morgan fingerprint density at radius 1 is 1.44 bits per heavy atom. The van der Waals surface area contributed by atoms with E-state index in [4.69, 9.17) is 5.26 Å². The van der Waals surface area contributed by atoms with Gasteiger partial charge in [-0.1, -0.05) is 19.1 Å². The van der Waals surface area contributed by atoms with Crippen LogP contribution < -0.4 is 0 Å². The minimum absolute atomic E-state index is 0.122. The molecule has 0 unspecified atom stereocenters. The first-order chi connectivity index (χ1) is 8.40. The number of sulfonamides is 1. The Morgan fingerprint density at radius 2 is 2.11 bits per heavy atom. The molecule has 1 rings (SSSR count). The summed E-state index contributed by atoms with van der Waals surface area (Å²) in [6.07, 6.45) is 0. The van der Waals surface area contributed by atoms with Crippen LogP contribution in [0.25, 0.3) is 0 Å². The highest BCUT2D eigenvalue weighted by atomic mass is 32.2. The van der Waals surface area contributed by atoms with E-state index in [1.54, 1.807) is 26.0 Å². The molecule has 0 amide bonds. The highest BCUT2D eigenvalue weighted by Gasteiger charge is 2.22. The van der Waals surface area contributed by atoms with Crippen LogP contribution in [0.3, 0.4) is 0 Å². The van der Waals surface area contributed by atoms with Crippen molar-refractivity contribution in [1.82, 2.24) is 4.31 Å². The first-order valence-electron chi connectivity index (χ1n) is 5.50. The van der Waals surface area contributed by atoms with Crippen molar-refractivity contribution in [2.45, 2.75) is 19.6 Å². The van der Waals surface area contributed by atoms with Gasteiger partial charge in [0.15, 0.2) is 0 Å². The number of nitrogens with zero attached hydrogens (tertiary/aromatic N) is 2. The molecular formula is C12H15FN2O2S. The molecule has 1 aromatic carbocycles. The molecule has 0 bridgehead atoms. The van der Waals surface area contributed by atoms with E-state index in [1.807, 2.05) is 0 Å². The summed E-state index contributed by atoms with van der Waals surface area (Å²) in [7, 11) is -3.65. The summed E-state index contributed by atoms with van der Waals surface area (Å²) in [6, 6.07) is 6.21. The molecule has 0 aliphatic carbocycles. The first kappa shape index (κ1) is 14.6. The molecule has 0 saturated carbocycles. The van der Waals surface area contributed by atoms with Crippen LogP contribution in [-0.2, 0) is 15.8 Å². The summed E-state index contributed by atoms with van der Waals surface area (Å²) in [5.41, 5.74) is 0.856. The minimum Gasteiger partial charge on any atom is -0.212 e. The second-order valence-electron chi connectivity index (χ2n) is 3.94. The smallest absolute Gasteiger partial charge is 0.212 e. The predicted octanol–water partition coefficient (Wildman–Crippen LogP) is 1.81. The fourth-order valence-electron chi connectivity index (χ4n) is 1.54. The zero-order valence-corrected chi connectivity index (χ0v) is 11.2.